The van der Waals surface area contributed by atoms with Crippen molar-refractivity contribution in [2.45, 2.75) is 32.1 Å². The minimum Gasteiger partial charge on any atom is -0.356 e. The van der Waals surface area contributed by atoms with Crippen LogP contribution in [-0.4, -0.2) is 69.6 Å². The lowest BCUT2D eigenvalue weighted by molar-refractivity contribution is 0.151. The summed E-state index contributed by atoms with van der Waals surface area (Å²) in [7, 11) is -1.20. The van der Waals surface area contributed by atoms with Gasteiger partial charge in [-0.3, -0.25) is 4.99 Å². The molecule has 1 N–H and O–H groups in total. The number of aliphatic imine (C=N–C) groups is 1. The van der Waals surface area contributed by atoms with E-state index in [1.165, 1.54) is 31.9 Å². The number of nitrogens with zero attached hydrogens (tertiary/aromatic N) is 3. The number of likely N-dealkylation sites (tertiary alicyclic amines) is 1. The molecule has 0 radical (unpaired) electrons. The lowest BCUT2D eigenvalue weighted by atomic mass is 9.68. The predicted molar refractivity (Wildman–Crippen MR) is 88.4 cm³/mol. The predicted octanol–water partition coefficient (Wildman–Crippen LogP) is 0.719. The Morgan fingerprint density at radius 1 is 1.32 bits per heavy atom. The van der Waals surface area contributed by atoms with E-state index in [0.29, 0.717) is 24.4 Å². The van der Waals surface area contributed by atoms with E-state index < -0.39 is 10.0 Å². The lowest BCUT2D eigenvalue weighted by Crippen LogP contribution is -2.44. The van der Waals surface area contributed by atoms with E-state index in [2.05, 4.69) is 15.2 Å². The molecule has 3 rings (SSSR count). The average Bonchev–Trinajstić information content (AvgIpc) is 3.04. The Kier molecular flexibility index (Phi) is 4.38. The first-order valence-electron chi connectivity index (χ1n) is 8.33. The summed E-state index contributed by atoms with van der Waals surface area (Å²) in [6.07, 6.45) is 7.63. The topological polar surface area (TPSA) is 65.0 Å². The van der Waals surface area contributed by atoms with Crippen molar-refractivity contribution in [3.8, 4) is 0 Å². The third-order valence-electron chi connectivity index (χ3n) is 5.63. The minimum absolute atomic E-state index is 0.381. The molecule has 2 aliphatic heterocycles. The molecule has 0 aromatic carbocycles. The maximum atomic E-state index is 11.6. The highest BCUT2D eigenvalue weighted by Gasteiger charge is 2.43. The van der Waals surface area contributed by atoms with Crippen molar-refractivity contribution in [2.75, 3.05) is 46.0 Å². The van der Waals surface area contributed by atoms with Crippen LogP contribution in [-0.2, 0) is 10.0 Å². The number of nitrogens with one attached hydrogen (secondary N) is 1. The molecule has 1 atom stereocenters. The fraction of sp³-hybridized carbons (Fsp3) is 0.933. The van der Waals surface area contributed by atoms with Gasteiger partial charge >= 0.3 is 0 Å². The van der Waals surface area contributed by atoms with Gasteiger partial charge in [-0.2, -0.15) is 0 Å². The summed E-state index contributed by atoms with van der Waals surface area (Å²) < 4.78 is 24.7. The lowest BCUT2D eigenvalue weighted by Gasteiger charge is -2.38. The van der Waals surface area contributed by atoms with E-state index >= 15 is 0 Å². The summed E-state index contributed by atoms with van der Waals surface area (Å²) in [5.41, 5.74) is 0.568. The summed E-state index contributed by atoms with van der Waals surface area (Å²) in [6, 6.07) is 0. The molecular weight excluding hydrogens is 300 g/mol. The Morgan fingerprint density at radius 3 is 2.59 bits per heavy atom. The highest BCUT2D eigenvalue weighted by Crippen LogP contribution is 2.47. The van der Waals surface area contributed by atoms with Gasteiger partial charge in [0.1, 0.15) is 0 Å². The van der Waals surface area contributed by atoms with Gasteiger partial charge in [0.25, 0.3) is 0 Å². The van der Waals surface area contributed by atoms with Crippen molar-refractivity contribution in [1.82, 2.24) is 14.5 Å². The molecule has 126 valence electrons. The van der Waals surface area contributed by atoms with Crippen LogP contribution in [0.5, 0.6) is 0 Å². The number of rotatable bonds is 3. The van der Waals surface area contributed by atoms with Crippen LogP contribution < -0.4 is 5.32 Å². The Bertz CT molecular complexity index is 542. The molecule has 7 heteroatoms. The molecule has 0 amide bonds. The van der Waals surface area contributed by atoms with Crippen molar-refractivity contribution in [1.29, 1.82) is 0 Å². The van der Waals surface area contributed by atoms with Crippen LogP contribution in [0.4, 0.5) is 0 Å². The Balaban J connectivity index is 1.48. The maximum absolute atomic E-state index is 11.6. The van der Waals surface area contributed by atoms with Gasteiger partial charge < -0.3 is 10.2 Å². The summed E-state index contributed by atoms with van der Waals surface area (Å²) in [5, 5.41) is 3.47. The van der Waals surface area contributed by atoms with Gasteiger partial charge in [-0.1, -0.05) is 6.42 Å². The van der Waals surface area contributed by atoms with Crippen LogP contribution >= 0.6 is 0 Å². The van der Waals surface area contributed by atoms with Gasteiger partial charge in [0.2, 0.25) is 10.0 Å². The van der Waals surface area contributed by atoms with E-state index in [4.69, 9.17) is 0 Å². The molecule has 1 spiro atoms. The molecule has 1 aliphatic carbocycles. The zero-order valence-corrected chi connectivity index (χ0v) is 14.5. The Labute approximate surface area is 134 Å². The van der Waals surface area contributed by atoms with Crippen molar-refractivity contribution < 1.29 is 8.42 Å². The molecule has 3 fully saturated rings. The summed E-state index contributed by atoms with van der Waals surface area (Å²) >= 11 is 0. The molecule has 2 heterocycles. The smallest absolute Gasteiger partial charge is 0.211 e. The number of guanidine groups is 1. The van der Waals surface area contributed by atoms with Crippen molar-refractivity contribution in [3.63, 3.8) is 0 Å². The van der Waals surface area contributed by atoms with E-state index in [0.717, 1.165) is 32.0 Å². The fourth-order valence-corrected chi connectivity index (χ4v) is 4.95. The first-order valence-corrected chi connectivity index (χ1v) is 10.2. The molecular formula is C15H28N4O2S. The average molecular weight is 328 g/mol. The molecule has 2 saturated heterocycles. The molecule has 0 bridgehead atoms. The molecule has 6 nitrogen and oxygen atoms in total. The monoisotopic (exact) mass is 328 g/mol. The van der Waals surface area contributed by atoms with Gasteiger partial charge in [-0.25, -0.2) is 12.7 Å². The second-order valence-corrected chi connectivity index (χ2v) is 9.21. The van der Waals surface area contributed by atoms with Gasteiger partial charge in [0.15, 0.2) is 5.96 Å². The van der Waals surface area contributed by atoms with Crippen LogP contribution in [0.1, 0.15) is 32.1 Å². The van der Waals surface area contributed by atoms with Crippen LogP contribution in [0.15, 0.2) is 4.99 Å². The Morgan fingerprint density at radius 2 is 2.09 bits per heavy atom. The standard InChI is InChI=1S/C15H28N4O2S/c1-16-14(18-9-7-15(12-18)5-3-6-15)17-10-13-4-8-19(11-13)22(2,20)21/h13H,3-12H2,1-2H3,(H,16,17). The molecule has 1 unspecified atom stereocenters. The van der Waals surface area contributed by atoms with E-state index in [-0.39, 0.29) is 0 Å². The minimum atomic E-state index is -3.04. The van der Waals surface area contributed by atoms with Gasteiger partial charge in [0.05, 0.1) is 6.26 Å². The van der Waals surface area contributed by atoms with E-state index in [9.17, 15) is 8.42 Å². The number of hydrogen-bond donors (Lipinski definition) is 1. The first-order chi connectivity index (χ1) is 10.4. The van der Waals surface area contributed by atoms with Gasteiger partial charge in [-0.05, 0) is 37.0 Å². The highest BCUT2D eigenvalue weighted by molar-refractivity contribution is 7.88. The van der Waals surface area contributed by atoms with Gasteiger partial charge in [-0.15, -0.1) is 0 Å². The van der Waals surface area contributed by atoms with E-state index in [1.807, 2.05) is 7.05 Å². The molecule has 3 aliphatic rings. The summed E-state index contributed by atoms with van der Waals surface area (Å²) in [6.45, 7) is 4.32. The van der Waals surface area contributed by atoms with Crippen LogP contribution in [0.3, 0.4) is 0 Å². The highest BCUT2D eigenvalue weighted by atomic mass is 32.2. The number of hydrogen-bond acceptors (Lipinski definition) is 3. The zero-order chi connectivity index (χ0) is 15.8. The molecule has 0 aromatic heterocycles. The molecule has 0 aromatic rings. The second-order valence-electron chi connectivity index (χ2n) is 7.23. The fourth-order valence-electron chi connectivity index (χ4n) is 4.03. The summed E-state index contributed by atoms with van der Waals surface area (Å²) in [4.78, 5) is 6.80. The SMILES string of the molecule is CN=C(NCC1CCN(S(C)(=O)=O)C1)N1CCC2(CCC2)C1. The molecule has 1 saturated carbocycles. The maximum Gasteiger partial charge on any atom is 0.211 e. The van der Waals surface area contributed by atoms with Crippen LogP contribution in [0.2, 0.25) is 0 Å². The van der Waals surface area contributed by atoms with Crippen molar-refractivity contribution in [2.24, 2.45) is 16.3 Å². The van der Waals surface area contributed by atoms with Crippen molar-refractivity contribution >= 4 is 16.0 Å². The largest absolute Gasteiger partial charge is 0.356 e. The van der Waals surface area contributed by atoms with Crippen molar-refractivity contribution in [3.05, 3.63) is 0 Å². The first kappa shape index (κ1) is 16.1. The van der Waals surface area contributed by atoms with Gasteiger partial charge in [0, 0.05) is 39.8 Å². The third kappa shape index (κ3) is 3.25. The van der Waals surface area contributed by atoms with E-state index in [1.54, 1.807) is 4.31 Å². The molecule has 22 heavy (non-hydrogen) atoms. The number of sulfonamides is 1. The second kappa shape index (κ2) is 6.00. The summed E-state index contributed by atoms with van der Waals surface area (Å²) in [5.74, 6) is 1.37. The quantitative estimate of drug-likeness (QED) is 0.612. The zero-order valence-electron chi connectivity index (χ0n) is 13.7. The third-order valence-corrected chi connectivity index (χ3v) is 6.90. The normalized spacial score (nSPS) is 29.1. The van der Waals surface area contributed by atoms with Crippen LogP contribution in [0, 0.1) is 11.3 Å². The Hall–Kier alpha value is -0.820. The van der Waals surface area contributed by atoms with Crippen LogP contribution in [0.25, 0.3) is 0 Å².